The van der Waals surface area contributed by atoms with Crippen LogP contribution in [-0.4, -0.2) is 9.55 Å². The van der Waals surface area contributed by atoms with Gasteiger partial charge in [0, 0.05) is 24.9 Å². The summed E-state index contributed by atoms with van der Waals surface area (Å²) in [4.78, 5) is 4.36. The van der Waals surface area contributed by atoms with Gasteiger partial charge in [-0.25, -0.2) is 4.98 Å². The van der Waals surface area contributed by atoms with Gasteiger partial charge in [-0.3, -0.25) is 0 Å². The molecule has 1 unspecified atom stereocenters. The second-order valence-corrected chi connectivity index (χ2v) is 3.38. The Labute approximate surface area is 67.3 Å². The van der Waals surface area contributed by atoms with Crippen molar-refractivity contribution in [1.29, 1.82) is 0 Å². The van der Waals surface area contributed by atoms with Gasteiger partial charge in [0.2, 0.25) is 0 Å². The van der Waals surface area contributed by atoms with E-state index in [2.05, 4.69) is 22.7 Å². The van der Waals surface area contributed by atoms with E-state index in [0.717, 1.165) is 0 Å². The van der Waals surface area contributed by atoms with Crippen LogP contribution in [0.15, 0.2) is 12.4 Å². The molecule has 0 fully saturated rings. The summed E-state index contributed by atoms with van der Waals surface area (Å²) in [6.07, 6.45) is 7.98. The molecule has 0 aliphatic carbocycles. The Bertz CT molecular complexity index is 239. The lowest BCUT2D eigenvalue weighted by molar-refractivity contribution is 0.622. The number of rotatable bonds is 0. The Morgan fingerprint density at radius 2 is 2.45 bits per heavy atom. The van der Waals surface area contributed by atoms with Gasteiger partial charge in [-0.05, 0) is 12.8 Å². The summed E-state index contributed by atoms with van der Waals surface area (Å²) >= 11 is 0. The molecule has 2 rings (SSSR count). The van der Waals surface area contributed by atoms with Crippen LogP contribution in [0.5, 0.6) is 0 Å². The molecule has 0 aromatic carbocycles. The van der Waals surface area contributed by atoms with E-state index in [1.54, 1.807) is 0 Å². The summed E-state index contributed by atoms with van der Waals surface area (Å²) in [7, 11) is 0. The molecule has 1 aliphatic heterocycles. The Morgan fingerprint density at radius 3 is 3.36 bits per heavy atom. The Hall–Kier alpha value is -0.790. The average molecular weight is 150 g/mol. The van der Waals surface area contributed by atoms with Crippen LogP contribution in [-0.2, 0) is 6.54 Å². The Morgan fingerprint density at radius 1 is 1.55 bits per heavy atom. The average Bonchev–Trinajstić information content (AvgIpc) is 2.40. The van der Waals surface area contributed by atoms with Gasteiger partial charge in [-0.2, -0.15) is 0 Å². The number of aromatic nitrogens is 2. The molecule has 11 heavy (non-hydrogen) atoms. The van der Waals surface area contributed by atoms with Crippen molar-refractivity contribution >= 4 is 0 Å². The molecule has 0 spiro atoms. The fraction of sp³-hybridized carbons (Fsp3) is 0.667. The van der Waals surface area contributed by atoms with E-state index in [1.165, 1.54) is 31.6 Å². The van der Waals surface area contributed by atoms with Crippen LogP contribution in [0, 0.1) is 0 Å². The molecule has 1 aromatic rings. The monoisotopic (exact) mass is 150 g/mol. The van der Waals surface area contributed by atoms with Crippen LogP contribution >= 0.6 is 0 Å². The largest absolute Gasteiger partial charge is 0.335 e. The van der Waals surface area contributed by atoms with Crippen LogP contribution in [0.4, 0.5) is 0 Å². The third-order valence-electron chi connectivity index (χ3n) is 2.47. The number of fused-ring (bicyclic) bond motifs is 1. The zero-order valence-corrected chi connectivity index (χ0v) is 6.95. The molecule has 1 atom stereocenters. The molecule has 2 heterocycles. The van der Waals surface area contributed by atoms with Crippen molar-refractivity contribution in [3.8, 4) is 0 Å². The fourth-order valence-electron chi connectivity index (χ4n) is 1.80. The Balaban J connectivity index is 2.34. The maximum absolute atomic E-state index is 4.36. The minimum absolute atomic E-state index is 0.660. The van der Waals surface area contributed by atoms with Crippen LogP contribution < -0.4 is 0 Å². The van der Waals surface area contributed by atoms with Crippen molar-refractivity contribution in [2.75, 3.05) is 0 Å². The molecule has 1 aliphatic rings. The highest BCUT2D eigenvalue weighted by molar-refractivity contribution is 5.00. The maximum Gasteiger partial charge on any atom is 0.111 e. The van der Waals surface area contributed by atoms with E-state index in [-0.39, 0.29) is 0 Å². The van der Waals surface area contributed by atoms with E-state index in [9.17, 15) is 0 Å². The predicted molar refractivity (Wildman–Crippen MR) is 44.5 cm³/mol. The molecule has 0 radical (unpaired) electrons. The first-order valence-electron chi connectivity index (χ1n) is 4.39. The van der Waals surface area contributed by atoms with Crippen LogP contribution in [0.1, 0.15) is 37.9 Å². The summed E-state index contributed by atoms with van der Waals surface area (Å²) in [5.74, 6) is 1.94. The van der Waals surface area contributed by atoms with Gasteiger partial charge in [0.15, 0.2) is 0 Å². The molecule has 60 valence electrons. The Kier molecular flexibility index (Phi) is 1.68. The zero-order chi connectivity index (χ0) is 7.68. The standard InChI is InChI=1S/C9H14N2/c1-8-4-2-3-6-11-7-5-10-9(8)11/h5,7-8H,2-4,6H2,1H3. The lowest BCUT2D eigenvalue weighted by Gasteiger charge is -2.06. The van der Waals surface area contributed by atoms with Gasteiger partial charge in [0.1, 0.15) is 5.82 Å². The van der Waals surface area contributed by atoms with Crippen molar-refractivity contribution in [3.63, 3.8) is 0 Å². The summed E-state index contributed by atoms with van der Waals surface area (Å²) in [5.41, 5.74) is 0. The van der Waals surface area contributed by atoms with Gasteiger partial charge < -0.3 is 4.57 Å². The normalized spacial score (nSPS) is 24.3. The van der Waals surface area contributed by atoms with Crippen LogP contribution in [0.3, 0.4) is 0 Å². The first-order chi connectivity index (χ1) is 5.38. The number of aryl methyl sites for hydroxylation is 1. The van der Waals surface area contributed by atoms with Crippen molar-refractivity contribution in [2.24, 2.45) is 0 Å². The highest BCUT2D eigenvalue weighted by Crippen LogP contribution is 2.23. The lowest BCUT2D eigenvalue weighted by atomic mass is 10.1. The predicted octanol–water partition coefficient (Wildman–Crippen LogP) is 2.17. The van der Waals surface area contributed by atoms with Gasteiger partial charge in [0.05, 0.1) is 0 Å². The minimum atomic E-state index is 0.660. The smallest absolute Gasteiger partial charge is 0.111 e. The van der Waals surface area contributed by atoms with E-state index in [0.29, 0.717) is 5.92 Å². The first-order valence-corrected chi connectivity index (χ1v) is 4.39. The van der Waals surface area contributed by atoms with Crippen molar-refractivity contribution < 1.29 is 0 Å². The summed E-state index contributed by atoms with van der Waals surface area (Å²) in [5, 5.41) is 0. The summed E-state index contributed by atoms with van der Waals surface area (Å²) in [6.45, 7) is 3.43. The molecule has 0 saturated heterocycles. The third kappa shape index (κ3) is 1.17. The summed E-state index contributed by atoms with van der Waals surface area (Å²) in [6, 6.07) is 0. The first kappa shape index (κ1) is 6.89. The second kappa shape index (κ2) is 2.68. The second-order valence-electron chi connectivity index (χ2n) is 3.38. The van der Waals surface area contributed by atoms with Crippen molar-refractivity contribution in [1.82, 2.24) is 9.55 Å². The number of hydrogen-bond donors (Lipinski definition) is 0. The highest BCUT2D eigenvalue weighted by atomic mass is 15.1. The lowest BCUT2D eigenvalue weighted by Crippen LogP contribution is -2.01. The van der Waals surface area contributed by atoms with Gasteiger partial charge in [-0.15, -0.1) is 0 Å². The van der Waals surface area contributed by atoms with Crippen LogP contribution in [0.25, 0.3) is 0 Å². The van der Waals surface area contributed by atoms with Gasteiger partial charge in [-0.1, -0.05) is 13.3 Å². The van der Waals surface area contributed by atoms with E-state index in [1.807, 2.05) is 6.20 Å². The molecule has 0 amide bonds. The maximum atomic E-state index is 4.36. The minimum Gasteiger partial charge on any atom is -0.335 e. The van der Waals surface area contributed by atoms with Crippen molar-refractivity contribution in [3.05, 3.63) is 18.2 Å². The number of imidazole rings is 1. The quantitative estimate of drug-likeness (QED) is 0.554. The molecule has 0 bridgehead atoms. The fourth-order valence-corrected chi connectivity index (χ4v) is 1.80. The molecular weight excluding hydrogens is 136 g/mol. The van der Waals surface area contributed by atoms with Gasteiger partial charge >= 0.3 is 0 Å². The molecule has 1 aromatic heterocycles. The number of hydrogen-bond acceptors (Lipinski definition) is 1. The van der Waals surface area contributed by atoms with E-state index in [4.69, 9.17) is 0 Å². The molecule has 0 saturated carbocycles. The molecule has 2 heteroatoms. The SMILES string of the molecule is CC1CCCCn2ccnc21. The topological polar surface area (TPSA) is 17.8 Å². The van der Waals surface area contributed by atoms with E-state index < -0.39 is 0 Å². The summed E-state index contributed by atoms with van der Waals surface area (Å²) < 4.78 is 2.29. The zero-order valence-electron chi connectivity index (χ0n) is 6.95. The van der Waals surface area contributed by atoms with Crippen molar-refractivity contribution in [2.45, 2.75) is 38.6 Å². The molecule has 0 N–H and O–H groups in total. The third-order valence-corrected chi connectivity index (χ3v) is 2.47. The highest BCUT2D eigenvalue weighted by Gasteiger charge is 2.14. The molecular formula is C9H14N2. The molecule has 2 nitrogen and oxygen atoms in total. The van der Waals surface area contributed by atoms with E-state index >= 15 is 0 Å². The van der Waals surface area contributed by atoms with Gasteiger partial charge in [0.25, 0.3) is 0 Å². The van der Waals surface area contributed by atoms with Crippen LogP contribution in [0.2, 0.25) is 0 Å². The number of nitrogens with zero attached hydrogens (tertiary/aromatic N) is 2.